The summed E-state index contributed by atoms with van der Waals surface area (Å²) < 4.78 is 18.4. The van der Waals surface area contributed by atoms with E-state index in [4.69, 9.17) is 37.4 Å². The van der Waals surface area contributed by atoms with Crippen LogP contribution in [0.1, 0.15) is 28.4 Å². The van der Waals surface area contributed by atoms with E-state index in [-0.39, 0.29) is 6.61 Å². The SMILES string of the molecule is CCOc1cc(/C=N\NC(=O)c2cc(Br)ccc2OC)cc(Br)c1OCc1ccc(Cl)c(Cl)c1. The minimum Gasteiger partial charge on any atom is -0.496 e. The molecular formula is C24H20Br2Cl2N2O4. The highest BCUT2D eigenvalue weighted by Crippen LogP contribution is 2.37. The van der Waals surface area contributed by atoms with Gasteiger partial charge >= 0.3 is 0 Å². The molecule has 3 aromatic rings. The number of amides is 1. The lowest BCUT2D eigenvalue weighted by molar-refractivity contribution is 0.0952. The van der Waals surface area contributed by atoms with E-state index < -0.39 is 5.91 Å². The van der Waals surface area contributed by atoms with Gasteiger partial charge in [0.15, 0.2) is 11.5 Å². The summed E-state index contributed by atoms with van der Waals surface area (Å²) in [5, 5.41) is 5.01. The summed E-state index contributed by atoms with van der Waals surface area (Å²) in [6.07, 6.45) is 1.51. The molecule has 1 N–H and O–H groups in total. The Kier molecular flexibility index (Phi) is 9.64. The number of rotatable bonds is 9. The van der Waals surface area contributed by atoms with E-state index in [1.807, 2.05) is 19.1 Å². The van der Waals surface area contributed by atoms with E-state index in [0.29, 0.717) is 49.5 Å². The normalized spacial score (nSPS) is 10.9. The van der Waals surface area contributed by atoms with Crippen molar-refractivity contribution in [3.8, 4) is 17.2 Å². The molecule has 3 aromatic carbocycles. The third-order valence-electron chi connectivity index (χ3n) is 4.48. The molecule has 6 nitrogen and oxygen atoms in total. The van der Waals surface area contributed by atoms with Crippen LogP contribution in [0.25, 0.3) is 0 Å². The molecule has 0 aliphatic heterocycles. The highest BCUT2D eigenvalue weighted by Gasteiger charge is 2.14. The molecule has 3 rings (SSSR count). The smallest absolute Gasteiger partial charge is 0.275 e. The van der Waals surface area contributed by atoms with Gasteiger partial charge in [-0.25, -0.2) is 5.43 Å². The van der Waals surface area contributed by atoms with Crippen molar-refractivity contribution in [1.29, 1.82) is 0 Å². The molecule has 0 saturated carbocycles. The predicted molar refractivity (Wildman–Crippen MR) is 142 cm³/mol. The van der Waals surface area contributed by atoms with Crippen molar-refractivity contribution in [2.75, 3.05) is 13.7 Å². The second-order valence-corrected chi connectivity index (χ2v) is 9.43. The third kappa shape index (κ3) is 6.88. The lowest BCUT2D eigenvalue weighted by Gasteiger charge is -2.15. The molecule has 0 heterocycles. The van der Waals surface area contributed by atoms with Gasteiger partial charge in [0.05, 0.1) is 40.0 Å². The molecule has 0 unspecified atom stereocenters. The van der Waals surface area contributed by atoms with Crippen LogP contribution in [0.2, 0.25) is 10.0 Å². The second kappa shape index (κ2) is 12.4. The van der Waals surface area contributed by atoms with Crippen LogP contribution in [0.4, 0.5) is 0 Å². The second-order valence-electron chi connectivity index (χ2n) is 6.84. The number of halogens is 4. The van der Waals surface area contributed by atoms with Gasteiger partial charge in [-0.15, -0.1) is 0 Å². The number of nitrogens with zero attached hydrogens (tertiary/aromatic N) is 1. The quantitative estimate of drug-likeness (QED) is 0.199. The first-order valence-electron chi connectivity index (χ1n) is 10.0. The minimum absolute atomic E-state index is 0.271. The zero-order chi connectivity index (χ0) is 24.7. The lowest BCUT2D eigenvalue weighted by atomic mass is 10.2. The molecule has 10 heteroatoms. The van der Waals surface area contributed by atoms with Crippen molar-refractivity contribution in [3.63, 3.8) is 0 Å². The van der Waals surface area contributed by atoms with Gasteiger partial charge in [0.1, 0.15) is 12.4 Å². The lowest BCUT2D eigenvalue weighted by Crippen LogP contribution is -2.18. The molecule has 178 valence electrons. The Morgan fingerprint density at radius 3 is 2.53 bits per heavy atom. The number of hydrogen-bond donors (Lipinski definition) is 1. The number of hydrogen-bond acceptors (Lipinski definition) is 5. The van der Waals surface area contributed by atoms with Gasteiger partial charge in [0.25, 0.3) is 5.91 Å². The topological polar surface area (TPSA) is 69.2 Å². The molecule has 34 heavy (non-hydrogen) atoms. The van der Waals surface area contributed by atoms with E-state index in [0.717, 1.165) is 10.0 Å². The molecule has 0 aromatic heterocycles. The number of carbonyl (C=O) groups excluding carboxylic acids is 1. The van der Waals surface area contributed by atoms with Crippen molar-refractivity contribution < 1.29 is 19.0 Å². The van der Waals surface area contributed by atoms with Crippen molar-refractivity contribution >= 4 is 67.2 Å². The summed E-state index contributed by atoms with van der Waals surface area (Å²) in [6, 6.07) is 14.0. The van der Waals surface area contributed by atoms with Gasteiger partial charge in [-0.05, 0) is 76.4 Å². The summed E-state index contributed by atoms with van der Waals surface area (Å²) in [7, 11) is 1.50. The first kappa shape index (κ1) is 26.3. The van der Waals surface area contributed by atoms with Crippen LogP contribution in [0.3, 0.4) is 0 Å². The highest BCUT2D eigenvalue weighted by atomic mass is 79.9. The zero-order valence-electron chi connectivity index (χ0n) is 18.2. The number of benzene rings is 3. The molecule has 0 radical (unpaired) electrons. The van der Waals surface area contributed by atoms with Gasteiger partial charge in [0.2, 0.25) is 0 Å². The maximum absolute atomic E-state index is 12.5. The first-order valence-corrected chi connectivity index (χ1v) is 12.4. The maximum atomic E-state index is 12.5. The Bertz CT molecular complexity index is 1220. The number of hydrazone groups is 1. The van der Waals surface area contributed by atoms with Crippen LogP contribution in [0, 0.1) is 0 Å². The molecule has 0 fully saturated rings. The Hall–Kier alpha value is -2.26. The third-order valence-corrected chi connectivity index (χ3v) is 6.31. The van der Waals surface area contributed by atoms with Gasteiger partial charge in [-0.1, -0.05) is 45.2 Å². The first-order chi connectivity index (χ1) is 16.3. The fourth-order valence-electron chi connectivity index (χ4n) is 2.93. The molecule has 0 aliphatic carbocycles. The van der Waals surface area contributed by atoms with Crippen LogP contribution >= 0.6 is 55.1 Å². The van der Waals surface area contributed by atoms with Crippen molar-refractivity contribution in [2.24, 2.45) is 5.10 Å². The Morgan fingerprint density at radius 2 is 1.82 bits per heavy atom. The minimum atomic E-state index is -0.403. The summed E-state index contributed by atoms with van der Waals surface area (Å²) in [6.45, 7) is 2.59. The van der Waals surface area contributed by atoms with Crippen LogP contribution in [-0.4, -0.2) is 25.8 Å². The number of carbonyl (C=O) groups is 1. The average molecular weight is 631 g/mol. The summed E-state index contributed by atoms with van der Waals surface area (Å²) in [4.78, 5) is 12.5. The number of nitrogens with one attached hydrogen (secondary N) is 1. The van der Waals surface area contributed by atoms with Gasteiger partial charge < -0.3 is 14.2 Å². The van der Waals surface area contributed by atoms with E-state index >= 15 is 0 Å². The standard InChI is InChI=1S/C24H20Br2Cl2N2O4/c1-3-33-22-10-15(12-29-30-24(31)17-11-16(25)5-7-21(17)32-2)8-18(26)23(22)34-13-14-4-6-19(27)20(28)9-14/h4-12H,3,13H2,1-2H3,(H,30,31)/b29-12-. The largest absolute Gasteiger partial charge is 0.496 e. The molecule has 0 spiro atoms. The summed E-state index contributed by atoms with van der Waals surface area (Å²) >= 11 is 18.9. The molecule has 0 bridgehead atoms. The highest BCUT2D eigenvalue weighted by molar-refractivity contribution is 9.10. The van der Waals surface area contributed by atoms with Crippen LogP contribution in [0.15, 0.2) is 62.6 Å². The molecule has 0 atom stereocenters. The van der Waals surface area contributed by atoms with Gasteiger partial charge in [-0.3, -0.25) is 4.79 Å². The van der Waals surface area contributed by atoms with Gasteiger partial charge in [0, 0.05) is 4.47 Å². The monoisotopic (exact) mass is 628 g/mol. The molecular weight excluding hydrogens is 611 g/mol. The average Bonchev–Trinajstić information content (AvgIpc) is 2.81. The number of ether oxygens (including phenoxy) is 3. The maximum Gasteiger partial charge on any atom is 0.275 e. The van der Waals surface area contributed by atoms with Crippen molar-refractivity contribution in [2.45, 2.75) is 13.5 Å². The summed E-state index contributed by atoms with van der Waals surface area (Å²) in [5.41, 5.74) is 4.42. The van der Waals surface area contributed by atoms with Crippen molar-refractivity contribution in [1.82, 2.24) is 5.43 Å². The molecule has 0 aliphatic rings. The van der Waals surface area contributed by atoms with Gasteiger partial charge in [-0.2, -0.15) is 5.10 Å². The van der Waals surface area contributed by atoms with E-state index in [2.05, 4.69) is 42.4 Å². The fourth-order valence-corrected chi connectivity index (χ4v) is 4.19. The fraction of sp³-hybridized carbons (Fsp3) is 0.167. The van der Waals surface area contributed by atoms with E-state index in [1.54, 1.807) is 36.4 Å². The Balaban J connectivity index is 1.75. The molecule has 1 amide bonds. The van der Waals surface area contributed by atoms with Crippen LogP contribution < -0.4 is 19.6 Å². The Labute approximate surface area is 224 Å². The zero-order valence-corrected chi connectivity index (χ0v) is 22.9. The Morgan fingerprint density at radius 1 is 1.03 bits per heavy atom. The predicted octanol–water partition coefficient (Wildman–Crippen LogP) is 7.27. The van der Waals surface area contributed by atoms with E-state index in [1.165, 1.54) is 13.3 Å². The van der Waals surface area contributed by atoms with Crippen LogP contribution in [-0.2, 0) is 6.61 Å². The van der Waals surface area contributed by atoms with Crippen LogP contribution in [0.5, 0.6) is 17.2 Å². The molecule has 0 saturated heterocycles. The summed E-state index contributed by atoms with van der Waals surface area (Å²) in [5.74, 6) is 1.10. The number of methoxy groups -OCH3 is 1. The van der Waals surface area contributed by atoms with E-state index in [9.17, 15) is 4.79 Å². The van der Waals surface area contributed by atoms with Crippen molar-refractivity contribution in [3.05, 3.63) is 84.2 Å².